The third-order valence-electron chi connectivity index (χ3n) is 2.54. The average Bonchev–Trinajstić information content (AvgIpc) is 2.31. The van der Waals surface area contributed by atoms with Crippen molar-refractivity contribution in [2.75, 3.05) is 20.2 Å². The van der Waals surface area contributed by atoms with Crippen LogP contribution in [0.4, 0.5) is 0 Å². The van der Waals surface area contributed by atoms with Crippen molar-refractivity contribution in [3.63, 3.8) is 0 Å². The largest absolute Gasteiger partial charge is 0.491 e. The molecular formula is C14H21NO3. The summed E-state index contributed by atoms with van der Waals surface area (Å²) in [5, 5.41) is 8.81. The number of carbonyl (C=O) groups excluding carboxylic acids is 1. The number of likely N-dealkylation sites (N-methyl/N-ethyl adjacent to an activating group) is 1. The second-order valence-electron chi connectivity index (χ2n) is 4.49. The molecule has 0 aliphatic rings. The lowest BCUT2D eigenvalue weighted by Crippen LogP contribution is -2.30. The predicted octanol–water partition coefficient (Wildman–Crippen LogP) is 1.47. The highest BCUT2D eigenvalue weighted by Gasteiger charge is 2.12. The first-order chi connectivity index (χ1) is 8.54. The number of aliphatic hydroxyl groups excluding tert-OH is 1. The van der Waals surface area contributed by atoms with Crippen molar-refractivity contribution in [2.45, 2.75) is 26.4 Å². The highest BCUT2D eigenvalue weighted by Crippen LogP contribution is 2.20. The molecule has 100 valence electrons. The van der Waals surface area contributed by atoms with Crippen molar-refractivity contribution in [3.05, 3.63) is 29.8 Å². The van der Waals surface area contributed by atoms with Gasteiger partial charge in [0.2, 0.25) is 5.91 Å². The molecule has 0 saturated carbocycles. The Morgan fingerprint density at radius 2 is 2.06 bits per heavy atom. The fourth-order valence-corrected chi connectivity index (χ4v) is 1.59. The Balaban J connectivity index is 2.74. The van der Waals surface area contributed by atoms with Gasteiger partial charge in [0, 0.05) is 19.2 Å². The van der Waals surface area contributed by atoms with Crippen molar-refractivity contribution in [1.29, 1.82) is 0 Å². The van der Waals surface area contributed by atoms with Gasteiger partial charge in [-0.05, 0) is 19.9 Å². The summed E-state index contributed by atoms with van der Waals surface area (Å²) in [6, 6.07) is 7.54. The molecule has 1 N–H and O–H groups in total. The van der Waals surface area contributed by atoms with Gasteiger partial charge in [0.1, 0.15) is 5.75 Å². The van der Waals surface area contributed by atoms with Crippen molar-refractivity contribution in [1.82, 2.24) is 4.90 Å². The Hall–Kier alpha value is -1.55. The van der Waals surface area contributed by atoms with Gasteiger partial charge in [-0.3, -0.25) is 4.79 Å². The third-order valence-corrected chi connectivity index (χ3v) is 2.54. The average molecular weight is 251 g/mol. The first kappa shape index (κ1) is 14.5. The van der Waals surface area contributed by atoms with Crippen LogP contribution in [0, 0.1) is 0 Å². The van der Waals surface area contributed by atoms with Crippen LogP contribution >= 0.6 is 0 Å². The molecule has 0 aromatic heterocycles. The van der Waals surface area contributed by atoms with Gasteiger partial charge in [0.15, 0.2) is 0 Å². The Morgan fingerprint density at radius 1 is 1.39 bits per heavy atom. The standard InChI is InChI=1S/C14H21NO3/c1-11(2)18-13-7-5-4-6-12(13)10-14(17)15(3)8-9-16/h4-7,11,16H,8-10H2,1-3H3. The molecule has 0 aliphatic carbocycles. The van der Waals surface area contributed by atoms with E-state index in [-0.39, 0.29) is 18.6 Å². The second kappa shape index (κ2) is 7.01. The molecule has 1 aromatic rings. The van der Waals surface area contributed by atoms with E-state index in [0.29, 0.717) is 13.0 Å². The number of aliphatic hydroxyl groups is 1. The van der Waals surface area contributed by atoms with Gasteiger partial charge in [0.05, 0.1) is 19.1 Å². The topological polar surface area (TPSA) is 49.8 Å². The number of hydrogen-bond acceptors (Lipinski definition) is 3. The molecule has 0 saturated heterocycles. The molecule has 1 aromatic carbocycles. The monoisotopic (exact) mass is 251 g/mol. The Labute approximate surface area is 108 Å². The van der Waals surface area contributed by atoms with E-state index in [2.05, 4.69) is 0 Å². The zero-order chi connectivity index (χ0) is 13.5. The molecular weight excluding hydrogens is 230 g/mol. The van der Waals surface area contributed by atoms with Crippen LogP contribution in [0.15, 0.2) is 24.3 Å². The second-order valence-corrected chi connectivity index (χ2v) is 4.49. The van der Waals surface area contributed by atoms with Gasteiger partial charge in [-0.15, -0.1) is 0 Å². The van der Waals surface area contributed by atoms with E-state index in [9.17, 15) is 4.79 Å². The molecule has 0 spiro atoms. The molecule has 1 rings (SSSR count). The van der Waals surface area contributed by atoms with E-state index in [0.717, 1.165) is 11.3 Å². The van der Waals surface area contributed by atoms with Crippen LogP contribution in [0.25, 0.3) is 0 Å². The number of rotatable bonds is 6. The van der Waals surface area contributed by atoms with Crippen LogP contribution < -0.4 is 4.74 Å². The molecule has 0 aliphatic heterocycles. The molecule has 0 radical (unpaired) electrons. The van der Waals surface area contributed by atoms with Crippen LogP contribution in [-0.2, 0) is 11.2 Å². The van der Waals surface area contributed by atoms with Crippen LogP contribution in [0.3, 0.4) is 0 Å². The van der Waals surface area contributed by atoms with Crippen LogP contribution in [0.1, 0.15) is 19.4 Å². The van der Waals surface area contributed by atoms with E-state index in [1.54, 1.807) is 7.05 Å². The van der Waals surface area contributed by atoms with Crippen LogP contribution in [0.5, 0.6) is 5.75 Å². The molecule has 1 amide bonds. The molecule has 0 fully saturated rings. The summed E-state index contributed by atoms with van der Waals surface area (Å²) >= 11 is 0. The Morgan fingerprint density at radius 3 is 2.67 bits per heavy atom. The lowest BCUT2D eigenvalue weighted by atomic mass is 10.1. The number of ether oxygens (including phenoxy) is 1. The molecule has 4 heteroatoms. The smallest absolute Gasteiger partial charge is 0.226 e. The number of para-hydroxylation sites is 1. The molecule has 18 heavy (non-hydrogen) atoms. The van der Waals surface area contributed by atoms with Crippen molar-refractivity contribution in [3.8, 4) is 5.75 Å². The minimum absolute atomic E-state index is 0.0214. The lowest BCUT2D eigenvalue weighted by Gasteiger charge is -2.18. The van der Waals surface area contributed by atoms with Crippen molar-refractivity contribution in [2.24, 2.45) is 0 Å². The van der Waals surface area contributed by atoms with Gasteiger partial charge in [-0.2, -0.15) is 0 Å². The summed E-state index contributed by atoms with van der Waals surface area (Å²) in [7, 11) is 1.68. The number of hydrogen-bond donors (Lipinski definition) is 1. The fourth-order valence-electron chi connectivity index (χ4n) is 1.59. The van der Waals surface area contributed by atoms with Gasteiger partial charge in [-0.25, -0.2) is 0 Å². The zero-order valence-corrected chi connectivity index (χ0v) is 11.2. The first-order valence-corrected chi connectivity index (χ1v) is 6.14. The van der Waals surface area contributed by atoms with E-state index in [1.807, 2.05) is 38.1 Å². The maximum Gasteiger partial charge on any atom is 0.226 e. The number of carbonyl (C=O) groups is 1. The van der Waals surface area contributed by atoms with Gasteiger partial charge >= 0.3 is 0 Å². The summed E-state index contributed by atoms with van der Waals surface area (Å²) in [6.45, 7) is 4.24. The SMILES string of the molecule is CC(C)Oc1ccccc1CC(=O)N(C)CCO. The fraction of sp³-hybridized carbons (Fsp3) is 0.500. The minimum atomic E-state index is -0.0242. The molecule has 4 nitrogen and oxygen atoms in total. The first-order valence-electron chi connectivity index (χ1n) is 6.14. The predicted molar refractivity (Wildman–Crippen MR) is 70.6 cm³/mol. The number of amides is 1. The van der Waals surface area contributed by atoms with Crippen LogP contribution in [0.2, 0.25) is 0 Å². The summed E-state index contributed by atoms with van der Waals surface area (Å²) in [6.07, 6.45) is 0.371. The maximum absolute atomic E-state index is 11.9. The molecule has 0 unspecified atom stereocenters. The third kappa shape index (κ3) is 4.37. The van der Waals surface area contributed by atoms with Gasteiger partial charge in [-0.1, -0.05) is 18.2 Å². The quantitative estimate of drug-likeness (QED) is 0.833. The summed E-state index contributed by atoms with van der Waals surface area (Å²) in [5.41, 5.74) is 0.876. The minimum Gasteiger partial charge on any atom is -0.491 e. The summed E-state index contributed by atoms with van der Waals surface area (Å²) < 4.78 is 5.67. The zero-order valence-electron chi connectivity index (χ0n) is 11.2. The molecule has 0 atom stereocenters. The number of benzene rings is 1. The van der Waals surface area contributed by atoms with Crippen LogP contribution in [-0.4, -0.2) is 42.2 Å². The van der Waals surface area contributed by atoms with E-state index >= 15 is 0 Å². The summed E-state index contributed by atoms with van der Waals surface area (Å²) in [4.78, 5) is 13.4. The van der Waals surface area contributed by atoms with Crippen molar-refractivity contribution < 1.29 is 14.6 Å². The van der Waals surface area contributed by atoms with E-state index in [4.69, 9.17) is 9.84 Å². The van der Waals surface area contributed by atoms with E-state index in [1.165, 1.54) is 4.90 Å². The van der Waals surface area contributed by atoms with Crippen molar-refractivity contribution >= 4 is 5.91 Å². The Bertz CT molecular complexity index is 390. The van der Waals surface area contributed by atoms with E-state index < -0.39 is 0 Å². The molecule has 0 heterocycles. The van der Waals surface area contributed by atoms with Gasteiger partial charge in [0.25, 0.3) is 0 Å². The summed E-state index contributed by atoms with van der Waals surface area (Å²) in [5.74, 6) is 0.724. The molecule has 0 bridgehead atoms. The number of nitrogens with zero attached hydrogens (tertiary/aromatic N) is 1. The van der Waals surface area contributed by atoms with Gasteiger partial charge < -0.3 is 14.7 Å². The highest BCUT2D eigenvalue weighted by atomic mass is 16.5. The Kier molecular flexibility index (Phi) is 5.65. The maximum atomic E-state index is 11.9. The highest BCUT2D eigenvalue weighted by molar-refractivity contribution is 5.79. The normalized spacial score (nSPS) is 10.5. The lowest BCUT2D eigenvalue weighted by molar-refractivity contribution is -0.129.